The maximum atomic E-state index is 10.9. The zero-order valence-electron chi connectivity index (χ0n) is 6.13. The van der Waals surface area contributed by atoms with E-state index in [-0.39, 0.29) is 6.42 Å². The number of amides is 2. The third-order valence-corrected chi connectivity index (χ3v) is 1.84. The van der Waals surface area contributed by atoms with Crippen LogP contribution in [0.5, 0.6) is 0 Å². The molecule has 4 N–H and O–H groups in total. The quantitative estimate of drug-likeness (QED) is 0.359. The average Bonchev–Trinajstić information content (AvgIpc) is 1.84. The number of hydrogen-bond acceptors (Lipinski definition) is 4. The van der Waals surface area contributed by atoms with Gasteiger partial charge in [0, 0.05) is 6.42 Å². The van der Waals surface area contributed by atoms with Crippen LogP contribution in [0.4, 0.5) is 0 Å². The molecule has 1 fully saturated rings. The van der Waals surface area contributed by atoms with Gasteiger partial charge in [-0.25, -0.2) is 0 Å². The summed E-state index contributed by atoms with van der Waals surface area (Å²) in [6, 6.07) is -0.802. The van der Waals surface area contributed by atoms with Crippen molar-refractivity contribution in [2.45, 2.75) is 25.0 Å². The van der Waals surface area contributed by atoms with E-state index in [1.807, 2.05) is 5.32 Å². The Kier molecular flexibility index (Phi) is 1.69. The van der Waals surface area contributed by atoms with Gasteiger partial charge in [0.25, 0.3) is 5.91 Å². The van der Waals surface area contributed by atoms with Gasteiger partial charge in [0.1, 0.15) is 0 Å². The second kappa shape index (κ2) is 2.28. The molecule has 11 heavy (non-hydrogen) atoms. The summed E-state index contributed by atoms with van der Waals surface area (Å²) in [6.45, 7) is 1.29. The van der Waals surface area contributed by atoms with Gasteiger partial charge < -0.3 is 10.8 Å². The molecular weight excluding hydrogens is 148 g/mol. The molecule has 5 heteroatoms. The van der Waals surface area contributed by atoms with Gasteiger partial charge in [-0.3, -0.25) is 14.9 Å². The van der Waals surface area contributed by atoms with Gasteiger partial charge in [-0.1, -0.05) is 0 Å². The van der Waals surface area contributed by atoms with E-state index in [9.17, 15) is 14.7 Å². The Bertz CT molecular complexity index is 212. The van der Waals surface area contributed by atoms with Crippen LogP contribution >= 0.6 is 0 Å². The summed E-state index contributed by atoms with van der Waals surface area (Å²) < 4.78 is 0. The van der Waals surface area contributed by atoms with Crippen molar-refractivity contribution in [2.75, 3.05) is 0 Å². The summed E-state index contributed by atoms with van der Waals surface area (Å²) in [5, 5.41) is 11.3. The summed E-state index contributed by atoms with van der Waals surface area (Å²) in [7, 11) is 0. The Balaban J connectivity index is 2.84. The van der Waals surface area contributed by atoms with Crippen molar-refractivity contribution in [3.63, 3.8) is 0 Å². The van der Waals surface area contributed by atoms with Gasteiger partial charge in [-0.05, 0) is 6.92 Å². The normalized spacial score (nSPS) is 38.6. The Morgan fingerprint density at radius 3 is 2.73 bits per heavy atom. The highest BCUT2D eigenvalue weighted by atomic mass is 16.3. The van der Waals surface area contributed by atoms with E-state index >= 15 is 0 Å². The summed E-state index contributed by atoms with van der Waals surface area (Å²) in [4.78, 5) is 21.5. The maximum Gasteiger partial charge on any atom is 0.259 e. The van der Waals surface area contributed by atoms with Crippen LogP contribution < -0.4 is 11.1 Å². The first-order chi connectivity index (χ1) is 4.94. The minimum atomic E-state index is -1.62. The molecule has 0 aromatic rings. The summed E-state index contributed by atoms with van der Waals surface area (Å²) in [5.74, 6) is -1.16. The standard InChI is InChI=1S/C6H10N2O3/c1-6(11)3(7)2-4(9)8-5(6)10/h3,11H,2,7H2,1H3,(H,8,9,10). The number of carbonyl (C=O) groups excluding carboxylic acids is 2. The van der Waals surface area contributed by atoms with Crippen molar-refractivity contribution in [3.05, 3.63) is 0 Å². The second-order valence-corrected chi connectivity index (χ2v) is 2.84. The molecule has 1 aliphatic heterocycles. The van der Waals surface area contributed by atoms with Crippen molar-refractivity contribution in [1.29, 1.82) is 0 Å². The molecule has 1 rings (SSSR count). The highest BCUT2D eigenvalue weighted by Gasteiger charge is 2.42. The molecule has 1 saturated heterocycles. The Morgan fingerprint density at radius 1 is 1.73 bits per heavy atom. The highest BCUT2D eigenvalue weighted by molar-refractivity contribution is 6.02. The summed E-state index contributed by atoms with van der Waals surface area (Å²) >= 11 is 0. The summed E-state index contributed by atoms with van der Waals surface area (Å²) in [5.41, 5.74) is 3.74. The minimum Gasteiger partial charge on any atom is -0.379 e. The van der Waals surface area contributed by atoms with E-state index in [0.29, 0.717) is 0 Å². The molecule has 0 bridgehead atoms. The van der Waals surface area contributed by atoms with Crippen LogP contribution in [0.2, 0.25) is 0 Å². The number of hydrogen-bond donors (Lipinski definition) is 3. The largest absolute Gasteiger partial charge is 0.379 e. The molecule has 2 unspecified atom stereocenters. The van der Waals surface area contributed by atoms with E-state index < -0.39 is 23.5 Å². The van der Waals surface area contributed by atoms with E-state index in [1.54, 1.807) is 0 Å². The molecule has 2 amide bonds. The van der Waals surface area contributed by atoms with Crippen molar-refractivity contribution in [2.24, 2.45) is 5.73 Å². The van der Waals surface area contributed by atoms with Crippen LogP contribution in [0, 0.1) is 0 Å². The van der Waals surface area contributed by atoms with Crippen molar-refractivity contribution >= 4 is 11.8 Å². The molecule has 2 atom stereocenters. The molecule has 5 nitrogen and oxygen atoms in total. The summed E-state index contributed by atoms with van der Waals surface area (Å²) in [6.07, 6.45) is -0.0151. The fourth-order valence-corrected chi connectivity index (χ4v) is 0.871. The van der Waals surface area contributed by atoms with Gasteiger partial charge in [0.15, 0.2) is 5.60 Å². The number of nitrogens with two attached hydrogens (primary N) is 1. The zero-order chi connectivity index (χ0) is 8.65. The van der Waals surface area contributed by atoms with Crippen molar-refractivity contribution in [1.82, 2.24) is 5.32 Å². The SMILES string of the molecule is CC1(O)C(=O)NC(=O)CC1N. The molecule has 0 aliphatic carbocycles. The lowest BCUT2D eigenvalue weighted by atomic mass is 9.90. The molecule has 1 heterocycles. The van der Waals surface area contributed by atoms with Crippen LogP contribution in [0.25, 0.3) is 0 Å². The number of piperidine rings is 1. The van der Waals surface area contributed by atoms with Gasteiger partial charge >= 0.3 is 0 Å². The molecule has 0 radical (unpaired) electrons. The van der Waals surface area contributed by atoms with E-state index in [2.05, 4.69) is 0 Å². The Labute approximate surface area is 63.6 Å². The number of rotatable bonds is 0. The lowest BCUT2D eigenvalue weighted by Crippen LogP contribution is -2.63. The molecular formula is C6H10N2O3. The van der Waals surface area contributed by atoms with Crippen LogP contribution in [-0.2, 0) is 9.59 Å². The smallest absolute Gasteiger partial charge is 0.259 e. The maximum absolute atomic E-state index is 10.9. The van der Waals surface area contributed by atoms with E-state index in [1.165, 1.54) is 6.92 Å². The first kappa shape index (κ1) is 8.16. The van der Waals surface area contributed by atoms with Gasteiger partial charge in [0.05, 0.1) is 6.04 Å². The zero-order valence-corrected chi connectivity index (χ0v) is 6.13. The third-order valence-electron chi connectivity index (χ3n) is 1.84. The fraction of sp³-hybridized carbons (Fsp3) is 0.667. The Hall–Kier alpha value is -0.940. The first-order valence-electron chi connectivity index (χ1n) is 3.27. The predicted octanol–water partition coefficient (Wildman–Crippen LogP) is -1.89. The lowest BCUT2D eigenvalue weighted by Gasteiger charge is -2.32. The lowest BCUT2D eigenvalue weighted by molar-refractivity contribution is -0.150. The average molecular weight is 158 g/mol. The Morgan fingerprint density at radius 2 is 2.27 bits per heavy atom. The molecule has 0 aromatic heterocycles. The topological polar surface area (TPSA) is 92.4 Å². The minimum absolute atomic E-state index is 0.0151. The number of aliphatic hydroxyl groups is 1. The third kappa shape index (κ3) is 1.24. The van der Waals surface area contributed by atoms with Crippen LogP contribution in [-0.4, -0.2) is 28.6 Å². The number of carbonyl (C=O) groups is 2. The van der Waals surface area contributed by atoms with E-state index in [0.717, 1.165) is 0 Å². The number of imide groups is 1. The van der Waals surface area contributed by atoms with Crippen molar-refractivity contribution < 1.29 is 14.7 Å². The van der Waals surface area contributed by atoms with Crippen LogP contribution in [0.3, 0.4) is 0 Å². The second-order valence-electron chi connectivity index (χ2n) is 2.84. The van der Waals surface area contributed by atoms with E-state index in [4.69, 9.17) is 5.73 Å². The monoisotopic (exact) mass is 158 g/mol. The molecule has 0 saturated carbocycles. The van der Waals surface area contributed by atoms with Gasteiger partial charge in [0.2, 0.25) is 5.91 Å². The molecule has 1 aliphatic rings. The number of nitrogens with one attached hydrogen (secondary N) is 1. The first-order valence-corrected chi connectivity index (χ1v) is 3.27. The molecule has 62 valence electrons. The van der Waals surface area contributed by atoms with Crippen LogP contribution in [0.1, 0.15) is 13.3 Å². The predicted molar refractivity (Wildman–Crippen MR) is 36.4 cm³/mol. The molecule has 0 spiro atoms. The van der Waals surface area contributed by atoms with Crippen LogP contribution in [0.15, 0.2) is 0 Å². The fourth-order valence-electron chi connectivity index (χ4n) is 0.871. The van der Waals surface area contributed by atoms with Crippen molar-refractivity contribution in [3.8, 4) is 0 Å². The van der Waals surface area contributed by atoms with Gasteiger partial charge in [-0.2, -0.15) is 0 Å². The molecule has 0 aromatic carbocycles. The highest BCUT2D eigenvalue weighted by Crippen LogP contribution is 2.15. The van der Waals surface area contributed by atoms with Gasteiger partial charge in [-0.15, -0.1) is 0 Å².